The van der Waals surface area contributed by atoms with Gasteiger partial charge in [-0.2, -0.15) is 12.6 Å². The minimum atomic E-state index is -1.49. The van der Waals surface area contributed by atoms with Crippen molar-refractivity contribution < 1.29 is 24.9 Å². The second-order valence-electron chi connectivity index (χ2n) is 3.60. The maximum atomic E-state index is 11.1. The van der Waals surface area contributed by atoms with Crippen molar-refractivity contribution in [1.82, 2.24) is 5.32 Å². The molecule has 0 aliphatic carbocycles. The molecule has 0 bridgehead atoms. The number of carboxylic acid groups (broad SMARTS) is 1. The van der Waals surface area contributed by atoms with Crippen LogP contribution >= 0.6 is 12.6 Å². The number of hydrogen-bond acceptors (Lipinski definition) is 5. The predicted molar refractivity (Wildman–Crippen MR) is 60.4 cm³/mol. The summed E-state index contributed by atoms with van der Waals surface area (Å²) in [5.41, 5.74) is -1.49. The SMILES string of the molecule is CC(=O)N[C@](CS)(CCC(O)CO)C(=O)O. The van der Waals surface area contributed by atoms with E-state index in [0.29, 0.717) is 0 Å². The number of rotatable bonds is 7. The minimum absolute atomic E-state index is 0.00708. The molecule has 16 heavy (non-hydrogen) atoms. The van der Waals surface area contributed by atoms with Gasteiger partial charge in [0.2, 0.25) is 5.91 Å². The lowest BCUT2D eigenvalue weighted by molar-refractivity contribution is -0.146. The molecular formula is C9H17NO5S. The highest BCUT2D eigenvalue weighted by Gasteiger charge is 2.38. The first-order valence-electron chi connectivity index (χ1n) is 4.80. The van der Waals surface area contributed by atoms with Crippen LogP contribution in [0.4, 0.5) is 0 Å². The highest BCUT2D eigenvalue weighted by molar-refractivity contribution is 7.80. The lowest BCUT2D eigenvalue weighted by Gasteiger charge is -2.29. The van der Waals surface area contributed by atoms with Crippen LogP contribution < -0.4 is 5.32 Å². The maximum Gasteiger partial charge on any atom is 0.330 e. The summed E-state index contributed by atoms with van der Waals surface area (Å²) >= 11 is 3.91. The third-order valence-electron chi connectivity index (χ3n) is 2.21. The first kappa shape index (κ1) is 15.2. The van der Waals surface area contributed by atoms with E-state index in [1.807, 2.05) is 0 Å². The number of amides is 1. The summed E-state index contributed by atoms with van der Waals surface area (Å²) in [5.74, 6) is -1.77. The van der Waals surface area contributed by atoms with Crippen LogP contribution in [0.2, 0.25) is 0 Å². The average molecular weight is 251 g/mol. The summed E-state index contributed by atoms with van der Waals surface area (Å²) in [6, 6.07) is 0. The van der Waals surface area contributed by atoms with Gasteiger partial charge < -0.3 is 20.6 Å². The van der Waals surface area contributed by atoms with E-state index in [-0.39, 0.29) is 18.6 Å². The van der Waals surface area contributed by atoms with Crippen molar-refractivity contribution in [3.05, 3.63) is 0 Å². The highest BCUT2D eigenvalue weighted by atomic mass is 32.1. The van der Waals surface area contributed by atoms with Gasteiger partial charge in [0, 0.05) is 12.7 Å². The van der Waals surface area contributed by atoms with Crippen LogP contribution in [0.1, 0.15) is 19.8 Å². The van der Waals surface area contributed by atoms with Crippen molar-refractivity contribution in [2.24, 2.45) is 0 Å². The van der Waals surface area contributed by atoms with Gasteiger partial charge in [-0.15, -0.1) is 0 Å². The summed E-state index contributed by atoms with van der Waals surface area (Å²) < 4.78 is 0. The lowest BCUT2D eigenvalue weighted by Crippen LogP contribution is -2.56. The third kappa shape index (κ3) is 4.38. The van der Waals surface area contributed by atoms with Gasteiger partial charge in [-0.05, 0) is 12.8 Å². The van der Waals surface area contributed by atoms with E-state index in [9.17, 15) is 9.59 Å². The Morgan fingerprint density at radius 2 is 2.06 bits per heavy atom. The van der Waals surface area contributed by atoms with Gasteiger partial charge in [0.15, 0.2) is 0 Å². The summed E-state index contributed by atoms with van der Waals surface area (Å²) in [5, 5.41) is 29.1. The maximum absolute atomic E-state index is 11.1. The standard InChI is InChI=1S/C9H17NO5S/c1-6(12)10-9(5-16,8(14)15)3-2-7(13)4-11/h7,11,13,16H,2-5H2,1H3,(H,10,12)(H,14,15)/t7?,9-/m0/s1. The molecular weight excluding hydrogens is 234 g/mol. The van der Waals surface area contributed by atoms with Crippen molar-refractivity contribution in [3.63, 3.8) is 0 Å². The summed E-state index contributed by atoms with van der Waals surface area (Å²) in [4.78, 5) is 22.0. The zero-order chi connectivity index (χ0) is 12.8. The van der Waals surface area contributed by atoms with Crippen LogP contribution in [-0.4, -0.2) is 51.2 Å². The van der Waals surface area contributed by atoms with E-state index >= 15 is 0 Å². The van der Waals surface area contributed by atoms with Crippen LogP contribution in [-0.2, 0) is 9.59 Å². The van der Waals surface area contributed by atoms with Crippen molar-refractivity contribution in [3.8, 4) is 0 Å². The van der Waals surface area contributed by atoms with E-state index in [4.69, 9.17) is 15.3 Å². The molecule has 4 N–H and O–H groups in total. The van der Waals surface area contributed by atoms with E-state index in [1.54, 1.807) is 0 Å². The molecule has 6 nitrogen and oxygen atoms in total. The monoisotopic (exact) mass is 251 g/mol. The predicted octanol–water partition coefficient (Wildman–Crippen LogP) is -0.991. The fraction of sp³-hybridized carbons (Fsp3) is 0.778. The molecule has 0 fully saturated rings. The molecule has 1 unspecified atom stereocenters. The zero-order valence-corrected chi connectivity index (χ0v) is 9.91. The molecule has 0 heterocycles. The van der Waals surface area contributed by atoms with Crippen molar-refractivity contribution in [1.29, 1.82) is 0 Å². The van der Waals surface area contributed by atoms with Crippen LogP contribution in [0.25, 0.3) is 0 Å². The second kappa shape index (κ2) is 6.72. The molecule has 0 aromatic rings. The zero-order valence-electron chi connectivity index (χ0n) is 9.01. The lowest BCUT2D eigenvalue weighted by atomic mass is 9.93. The fourth-order valence-corrected chi connectivity index (χ4v) is 1.62. The Labute approximate surface area is 99.1 Å². The molecule has 7 heteroatoms. The van der Waals surface area contributed by atoms with Gasteiger partial charge >= 0.3 is 5.97 Å². The molecule has 0 rings (SSSR count). The highest BCUT2D eigenvalue weighted by Crippen LogP contribution is 2.17. The molecule has 0 saturated heterocycles. The Kier molecular flexibility index (Phi) is 6.39. The number of hydrogen-bond donors (Lipinski definition) is 5. The third-order valence-corrected chi connectivity index (χ3v) is 2.75. The minimum Gasteiger partial charge on any atom is -0.479 e. The van der Waals surface area contributed by atoms with Crippen LogP contribution in [0.3, 0.4) is 0 Å². The molecule has 0 spiro atoms. The Morgan fingerprint density at radius 1 is 1.50 bits per heavy atom. The van der Waals surface area contributed by atoms with Gasteiger partial charge in [0.1, 0.15) is 5.54 Å². The Morgan fingerprint density at radius 3 is 2.38 bits per heavy atom. The summed E-state index contributed by atoms with van der Waals surface area (Å²) in [7, 11) is 0. The van der Waals surface area contributed by atoms with E-state index in [0.717, 1.165) is 0 Å². The van der Waals surface area contributed by atoms with Gasteiger partial charge in [-0.1, -0.05) is 0 Å². The molecule has 1 amide bonds. The van der Waals surface area contributed by atoms with Crippen LogP contribution in [0.5, 0.6) is 0 Å². The fourth-order valence-electron chi connectivity index (χ4n) is 1.25. The smallest absolute Gasteiger partial charge is 0.330 e. The Hall–Kier alpha value is -0.790. The van der Waals surface area contributed by atoms with Crippen molar-refractivity contribution in [2.75, 3.05) is 12.4 Å². The molecule has 0 radical (unpaired) electrons. The molecule has 0 saturated carbocycles. The number of aliphatic hydroxyl groups is 2. The van der Waals surface area contributed by atoms with E-state index in [1.165, 1.54) is 6.92 Å². The van der Waals surface area contributed by atoms with Gasteiger partial charge in [0.05, 0.1) is 12.7 Å². The largest absolute Gasteiger partial charge is 0.479 e. The van der Waals surface area contributed by atoms with Crippen LogP contribution in [0.15, 0.2) is 0 Å². The second-order valence-corrected chi connectivity index (χ2v) is 3.92. The van der Waals surface area contributed by atoms with Crippen molar-refractivity contribution in [2.45, 2.75) is 31.4 Å². The number of carbonyl (C=O) groups is 2. The number of thiol groups is 1. The molecule has 94 valence electrons. The number of carboxylic acids is 1. The average Bonchev–Trinajstić information content (AvgIpc) is 2.22. The number of aliphatic hydroxyl groups excluding tert-OH is 2. The Balaban J connectivity index is 4.64. The van der Waals surface area contributed by atoms with E-state index < -0.39 is 30.1 Å². The first-order chi connectivity index (χ1) is 7.38. The molecule has 2 atom stereocenters. The number of aliphatic carboxylic acids is 1. The molecule has 0 aromatic carbocycles. The van der Waals surface area contributed by atoms with Gasteiger partial charge in [0.25, 0.3) is 0 Å². The van der Waals surface area contributed by atoms with Crippen molar-refractivity contribution >= 4 is 24.5 Å². The van der Waals surface area contributed by atoms with Crippen LogP contribution in [0, 0.1) is 0 Å². The summed E-state index contributed by atoms with van der Waals surface area (Å²) in [6.45, 7) is 0.770. The molecule has 0 aromatic heterocycles. The topological polar surface area (TPSA) is 107 Å². The normalized spacial score (nSPS) is 16.2. The molecule has 0 aliphatic heterocycles. The van der Waals surface area contributed by atoms with E-state index in [2.05, 4.69) is 17.9 Å². The number of carbonyl (C=O) groups excluding carboxylic acids is 1. The summed E-state index contributed by atoms with van der Waals surface area (Å²) in [6.07, 6.45) is -0.913. The molecule has 0 aliphatic rings. The van der Waals surface area contributed by atoms with Gasteiger partial charge in [-0.25, -0.2) is 4.79 Å². The first-order valence-corrected chi connectivity index (χ1v) is 5.43. The Bertz CT molecular complexity index is 260. The number of nitrogens with one attached hydrogen (secondary N) is 1. The van der Waals surface area contributed by atoms with Gasteiger partial charge in [-0.3, -0.25) is 4.79 Å². The quantitative estimate of drug-likeness (QED) is 0.373.